The van der Waals surface area contributed by atoms with Crippen LogP contribution in [0.1, 0.15) is 31.4 Å². The van der Waals surface area contributed by atoms with E-state index in [1.165, 1.54) is 25.7 Å². The van der Waals surface area contributed by atoms with Gasteiger partial charge in [-0.15, -0.1) is 0 Å². The van der Waals surface area contributed by atoms with Gasteiger partial charge in [-0.1, -0.05) is 18.2 Å². The smallest absolute Gasteiger partial charge is 0.0766 e. The molecule has 1 heterocycles. The Hall–Kier alpha value is -1.61. The van der Waals surface area contributed by atoms with Gasteiger partial charge in [-0.05, 0) is 55.7 Å². The second-order valence-corrected chi connectivity index (χ2v) is 6.17. The summed E-state index contributed by atoms with van der Waals surface area (Å²) >= 11 is 0. The van der Waals surface area contributed by atoms with Crippen LogP contribution in [0.15, 0.2) is 42.6 Å². The average molecular weight is 267 g/mol. The van der Waals surface area contributed by atoms with Gasteiger partial charge in [0.25, 0.3) is 0 Å². The molecule has 1 aromatic heterocycles. The highest BCUT2D eigenvalue weighted by atomic mass is 15.3. The minimum absolute atomic E-state index is 0.747. The van der Waals surface area contributed by atoms with Crippen LogP contribution in [0.3, 0.4) is 0 Å². The van der Waals surface area contributed by atoms with E-state index in [9.17, 15) is 0 Å². The van der Waals surface area contributed by atoms with E-state index >= 15 is 0 Å². The Morgan fingerprint density at radius 1 is 1.05 bits per heavy atom. The van der Waals surface area contributed by atoms with Gasteiger partial charge in [-0.25, -0.2) is 4.68 Å². The zero-order valence-electron chi connectivity index (χ0n) is 11.7. The van der Waals surface area contributed by atoms with Crippen molar-refractivity contribution in [1.82, 2.24) is 15.1 Å². The largest absolute Gasteiger partial charge is 0.308 e. The zero-order valence-corrected chi connectivity index (χ0v) is 11.7. The first-order valence-corrected chi connectivity index (χ1v) is 7.73. The molecule has 2 aliphatic carbocycles. The normalized spacial score (nSPS) is 18.6. The lowest BCUT2D eigenvalue weighted by Crippen LogP contribution is -2.32. The molecule has 0 radical (unpaired) electrons. The summed E-state index contributed by atoms with van der Waals surface area (Å²) in [5.41, 5.74) is 2.26. The first kappa shape index (κ1) is 12.2. The van der Waals surface area contributed by atoms with Crippen molar-refractivity contribution in [1.29, 1.82) is 0 Å². The number of aromatic nitrogens is 2. The van der Waals surface area contributed by atoms with Gasteiger partial charge >= 0.3 is 0 Å². The molecule has 0 amide bonds. The Balaban J connectivity index is 1.41. The van der Waals surface area contributed by atoms with Crippen LogP contribution >= 0.6 is 0 Å². The van der Waals surface area contributed by atoms with Gasteiger partial charge in [-0.2, -0.15) is 5.10 Å². The van der Waals surface area contributed by atoms with Gasteiger partial charge in [0.05, 0.1) is 11.4 Å². The number of para-hydroxylation sites is 1. The second-order valence-electron chi connectivity index (χ2n) is 6.17. The van der Waals surface area contributed by atoms with Gasteiger partial charge in [0.1, 0.15) is 0 Å². The molecule has 20 heavy (non-hydrogen) atoms. The van der Waals surface area contributed by atoms with Crippen molar-refractivity contribution in [2.45, 2.75) is 38.3 Å². The van der Waals surface area contributed by atoms with Crippen LogP contribution in [-0.4, -0.2) is 15.8 Å². The lowest BCUT2D eigenvalue weighted by atomic mass is 10.1. The molecule has 0 bridgehead atoms. The molecule has 2 saturated carbocycles. The Kier molecular flexibility index (Phi) is 3.07. The summed E-state index contributed by atoms with van der Waals surface area (Å²) in [5, 5.41) is 8.41. The molecule has 0 saturated heterocycles. The molecule has 0 atom stereocenters. The zero-order chi connectivity index (χ0) is 13.4. The number of hydrogen-bond donors (Lipinski definition) is 1. The third-order valence-electron chi connectivity index (χ3n) is 4.44. The van der Waals surface area contributed by atoms with Gasteiger partial charge in [0.2, 0.25) is 0 Å². The maximum Gasteiger partial charge on any atom is 0.0766 e. The summed E-state index contributed by atoms with van der Waals surface area (Å²) in [6.45, 7) is 0.900. The van der Waals surface area contributed by atoms with Crippen LogP contribution in [0.25, 0.3) is 5.69 Å². The highest BCUT2D eigenvalue weighted by Crippen LogP contribution is 2.44. The molecule has 3 heteroatoms. The summed E-state index contributed by atoms with van der Waals surface area (Å²) in [5.74, 6) is 1.89. The molecule has 0 unspecified atom stereocenters. The SMILES string of the molecule is c1ccc(-n2ccc(CNC(C3CC3)C3CC3)n2)cc1. The van der Waals surface area contributed by atoms with Crippen molar-refractivity contribution in [2.75, 3.05) is 0 Å². The predicted molar refractivity (Wildman–Crippen MR) is 79.6 cm³/mol. The molecule has 1 aromatic carbocycles. The van der Waals surface area contributed by atoms with Gasteiger partial charge in [0, 0.05) is 18.8 Å². The van der Waals surface area contributed by atoms with E-state index in [1.807, 2.05) is 22.9 Å². The maximum absolute atomic E-state index is 4.67. The van der Waals surface area contributed by atoms with Crippen LogP contribution in [-0.2, 0) is 6.54 Å². The Labute approximate surface area is 120 Å². The predicted octanol–water partition coefficient (Wildman–Crippen LogP) is 3.15. The number of nitrogens with zero attached hydrogens (tertiary/aromatic N) is 2. The van der Waals surface area contributed by atoms with Crippen molar-refractivity contribution in [2.24, 2.45) is 11.8 Å². The highest BCUT2D eigenvalue weighted by Gasteiger charge is 2.40. The molecule has 2 fully saturated rings. The van der Waals surface area contributed by atoms with E-state index in [2.05, 4.69) is 34.8 Å². The fraction of sp³-hybridized carbons (Fsp3) is 0.471. The first-order chi connectivity index (χ1) is 9.90. The number of hydrogen-bond acceptors (Lipinski definition) is 2. The number of rotatable bonds is 6. The minimum atomic E-state index is 0.747. The van der Waals surface area contributed by atoms with Crippen LogP contribution in [0, 0.1) is 11.8 Å². The summed E-state index contributed by atoms with van der Waals surface area (Å²) in [6.07, 6.45) is 7.74. The topological polar surface area (TPSA) is 29.9 Å². The second kappa shape index (κ2) is 5.06. The summed E-state index contributed by atoms with van der Waals surface area (Å²) in [7, 11) is 0. The van der Waals surface area contributed by atoms with E-state index in [0.29, 0.717) is 0 Å². The molecule has 4 rings (SSSR count). The number of nitrogens with one attached hydrogen (secondary N) is 1. The molecular formula is C17H21N3. The van der Waals surface area contributed by atoms with Crippen molar-refractivity contribution >= 4 is 0 Å². The third kappa shape index (κ3) is 2.63. The van der Waals surface area contributed by atoms with Crippen LogP contribution in [0.5, 0.6) is 0 Å². The fourth-order valence-corrected chi connectivity index (χ4v) is 3.03. The lowest BCUT2D eigenvalue weighted by Gasteiger charge is -2.16. The Bertz CT molecular complexity index is 555. The van der Waals surface area contributed by atoms with Crippen molar-refractivity contribution in [3.8, 4) is 5.69 Å². The van der Waals surface area contributed by atoms with Crippen molar-refractivity contribution in [3.05, 3.63) is 48.3 Å². The van der Waals surface area contributed by atoms with Crippen molar-refractivity contribution in [3.63, 3.8) is 0 Å². The molecule has 1 N–H and O–H groups in total. The Morgan fingerprint density at radius 2 is 1.75 bits per heavy atom. The van der Waals surface area contributed by atoms with E-state index in [0.717, 1.165) is 35.8 Å². The lowest BCUT2D eigenvalue weighted by molar-refractivity contribution is 0.413. The van der Waals surface area contributed by atoms with E-state index in [-0.39, 0.29) is 0 Å². The first-order valence-electron chi connectivity index (χ1n) is 7.73. The molecule has 0 aliphatic heterocycles. The van der Waals surface area contributed by atoms with Crippen LogP contribution in [0.4, 0.5) is 0 Å². The van der Waals surface area contributed by atoms with E-state index in [4.69, 9.17) is 0 Å². The van der Waals surface area contributed by atoms with Gasteiger partial charge in [0.15, 0.2) is 0 Å². The molecule has 3 nitrogen and oxygen atoms in total. The maximum atomic E-state index is 4.67. The molecule has 2 aliphatic rings. The van der Waals surface area contributed by atoms with Crippen molar-refractivity contribution < 1.29 is 0 Å². The molecular weight excluding hydrogens is 246 g/mol. The van der Waals surface area contributed by atoms with Gasteiger partial charge in [-0.3, -0.25) is 0 Å². The standard InChI is InChI=1S/C17H21N3/c1-2-4-16(5-3-1)20-11-10-15(19-20)12-18-17(13-6-7-13)14-8-9-14/h1-5,10-11,13-14,17-18H,6-9,12H2. The summed E-state index contributed by atoms with van der Waals surface area (Å²) in [6, 6.07) is 13.2. The van der Waals surface area contributed by atoms with E-state index in [1.54, 1.807) is 0 Å². The third-order valence-corrected chi connectivity index (χ3v) is 4.44. The summed E-state index contributed by atoms with van der Waals surface area (Å²) in [4.78, 5) is 0. The Morgan fingerprint density at radius 3 is 2.40 bits per heavy atom. The monoisotopic (exact) mass is 267 g/mol. The van der Waals surface area contributed by atoms with Crippen LogP contribution < -0.4 is 5.32 Å². The summed E-state index contributed by atoms with van der Waals surface area (Å²) < 4.78 is 1.96. The van der Waals surface area contributed by atoms with Gasteiger partial charge < -0.3 is 5.32 Å². The number of benzene rings is 1. The average Bonchev–Trinajstić information content (AvgIpc) is 3.41. The van der Waals surface area contributed by atoms with E-state index < -0.39 is 0 Å². The molecule has 104 valence electrons. The fourth-order valence-electron chi connectivity index (χ4n) is 3.03. The highest BCUT2D eigenvalue weighted by molar-refractivity contribution is 5.30. The van der Waals surface area contributed by atoms with Crippen LogP contribution in [0.2, 0.25) is 0 Å². The minimum Gasteiger partial charge on any atom is -0.308 e. The molecule has 2 aromatic rings. The molecule has 0 spiro atoms. The quantitative estimate of drug-likeness (QED) is 0.871.